The topological polar surface area (TPSA) is 97.0 Å². The highest BCUT2D eigenvalue weighted by molar-refractivity contribution is 7.89. The summed E-state index contributed by atoms with van der Waals surface area (Å²) in [5.74, 6) is 0.780. The van der Waals surface area contributed by atoms with Gasteiger partial charge in [-0.1, -0.05) is 24.4 Å². The van der Waals surface area contributed by atoms with Gasteiger partial charge in [-0.2, -0.15) is 4.31 Å². The summed E-state index contributed by atoms with van der Waals surface area (Å²) in [6.07, 6.45) is 3.91. The summed E-state index contributed by atoms with van der Waals surface area (Å²) in [7, 11) is -3.50. The molecule has 32 heavy (non-hydrogen) atoms. The third-order valence-corrected chi connectivity index (χ3v) is 7.64. The van der Waals surface area contributed by atoms with Gasteiger partial charge in [-0.05, 0) is 37.1 Å². The van der Waals surface area contributed by atoms with Gasteiger partial charge < -0.3 is 20.1 Å². The van der Waals surface area contributed by atoms with E-state index in [0.29, 0.717) is 54.2 Å². The third-order valence-electron chi connectivity index (χ3n) is 5.42. The van der Waals surface area contributed by atoms with Crippen molar-refractivity contribution in [2.75, 3.05) is 43.5 Å². The van der Waals surface area contributed by atoms with Crippen LogP contribution in [-0.4, -0.2) is 51.5 Å². The van der Waals surface area contributed by atoms with Crippen LogP contribution in [0.5, 0.6) is 11.5 Å². The molecule has 0 spiro atoms. The van der Waals surface area contributed by atoms with Crippen LogP contribution in [0, 0.1) is 0 Å². The average Bonchev–Trinajstić information content (AvgIpc) is 3.09. The van der Waals surface area contributed by atoms with Crippen LogP contribution in [-0.2, 0) is 14.8 Å². The Balaban J connectivity index is 1.34. The van der Waals surface area contributed by atoms with E-state index in [4.69, 9.17) is 21.1 Å². The van der Waals surface area contributed by atoms with Gasteiger partial charge in [0.05, 0.1) is 22.2 Å². The summed E-state index contributed by atoms with van der Waals surface area (Å²) in [6.45, 7) is 2.00. The van der Waals surface area contributed by atoms with E-state index in [0.717, 1.165) is 25.7 Å². The molecule has 0 atom stereocenters. The predicted molar refractivity (Wildman–Crippen MR) is 123 cm³/mol. The zero-order valence-electron chi connectivity index (χ0n) is 17.6. The number of carbonyl (C=O) groups is 1. The largest absolute Gasteiger partial charge is 0.486 e. The second kappa shape index (κ2) is 9.97. The van der Waals surface area contributed by atoms with Crippen LogP contribution >= 0.6 is 11.6 Å². The van der Waals surface area contributed by atoms with E-state index in [-0.39, 0.29) is 17.3 Å². The average molecular weight is 480 g/mol. The number of nitrogens with one attached hydrogen (secondary N) is 2. The number of benzene rings is 2. The monoisotopic (exact) mass is 479 g/mol. The fourth-order valence-corrected chi connectivity index (χ4v) is 5.43. The van der Waals surface area contributed by atoms with E-state index in [1.807, 2.05) is 0 Å². The molecule has 0 bridgehead atoms. The number of anilines is 2. The van der Waals surface area contributed by atoms with Crippen molar-refractivity contribution in [2.24, 2.45) is 0 Å². The summed E-state index contributed by atoms with van der Waals surface area (Å²) in [4.78, 5) is 12.6. The standard InChI is InChI=1S/C22H26ClN3O5S/c23-18-13-20-21(31-12-11-30-20)14-19(18)25-22(27)15-24-16-5-7-17(8-6-16)32(28,29)26-9-3-1-2-4-10-26/h5-8,13-14,24H,1-4,9-12,15H2,(H,25,27). The maximum absolute atomic E-state index is 12.9. The fraction of sp³-hybridized carbons (Fsp3) is 0.409. The summed E-state index contributed by atoms with van der Waals surface area (Å²) >= 11 is 6.23. The van der Waals surface area contributed by atoms with Crippen LogP contribution in [0.3, 0.4) is 0 Å². The Morgan fingerprint density at radius 1 is 0.969 bits per heavy atom. The Morgan fingerprint density at radius 2 is 1.59 bits per heavy atom. The number of fused-ring (bicyclic) bond motifs is 1. The molecule has 2 aliphatic heterocycles. The van der Waals surface area contributed by atoms with E-state index in [1.54, 1.807) is 40.7 Å². The van der Waals surface area contributed by atoms with Gasteiger partial charge in [0.1, 0.15) is 13.2 Å². The number of hydrogen-bond acceptors (Lipinski definition) is 6. The number of carbonyl (C=O) groups excluding carboxylic acids is 1. The molecular weight excluding hydrogens is 454 g/mol. The zero-order valence-corrected chi connectivity index (χ0v) is 19.2. The number of halogens is 1. The highest BCUT2D eigenvalue weighted by atomic mass is 35.5. The van der Waals surface area contributed by atoms with Gasteiger partial charge in [-0.15, -0.1) is 0 Å². The second-order valence-electron chi connectivity index (χ2n) is 7.72. The van der Waals surface area contributed by atoms with Crippen LogP contribution in [0.1, 0.15) is 25.7 Å². The lowest BCUT2D eigenvalue weighted by Gasteiger charge is -2.20. The maximum atomic E-state index is 12.9. The van der Waals surface area contributed by atoms with Crippen LogP contribution in [0.4, 0.5) is 11.4 Å². The Labute approximate surface area is 192 Å². The highest BCUT2D eigenvalue weighted by Crippen LogP contribution is 2.37. The molecular formula is C22H26ClN3O5S. The molecule has 10 heteroatoms. The summed E-state index contributed by atoms with van der Waals surface area (Å²) in [5, 5.41) is 6.09. The smallest absolute Gasteiger partial charge is 0.243 e. The quantitative estimate of drug-likeness (QED) is 0.655. The SMILES string of the molecule is O=C(CNc1ccc(S(=O)(=O)N2CCCCCC2)cc1)Nc1cc2c(cc1Cl)OCCO2. The summed E-state index contributed by atoms with van der Waals surface area (Å²) in [6, 6.07) is 9.71. The van der Waals surface area contributed by atoms with Crippen LogP contribution in [0.25, 0.3) is 0 Å². The van der Waals surface area contributed by atoms with Gasteiger partial charge in [0.25, 0.3) is 0 Å². The molecule has 0 aliphatic carbocycles. The summed E-state index contributed by atoms with van der Waals surface area (Å²) < 4.78 is 38.3. The lowest BCUT2D eigenvalue weighted by molar-refractivity contribution is -0.114. The molecule has 172 valence electrons. The van der Waals surface area contributed by atoms with E-state index >= 15 is 0 Å². The first kappa shape index (κ1) is 22.7. The van der Waals surface area contributed by atoms with Crippen LogP contribution < -0.4 is 20.1 Å². The first-order chi connectivity index (χ1) is 15.4. The molecule has 0 aromatic heterocycles. The second-order valence-corrected chi connectivity index (χ2v) is 10.1. The van der Waals surface area contributed by atoms with Gasteiger partial charge in [0.15, 0.2) is 11.5 Å². The Kier molecular flexibility index (Phi) is 7.07. The summed E-state index contributed by atoms with van der Waals surface area (Å²) in [5.41, 5.74) is 1.07. The van der Waals surface area contributed by atoms with Crippen LogP contribution in [0.15, 0.2) is 41.3 Å². The molecule has 2 N–H and O–H groups in total. The molecule has 2 heterocycles. The normalized spacial score (nSPS) is 16.8. The first-order valence-electron chi connectivity index (χ1n) is 10.7. The van der Waals surface area contributed by atoms with E-state index in [9.17, 15) is 13.2 Å². The van der Waals surface area contributed by atoms with Gasteiger partial charge in [-0.3, -0.25) is 4.79 Å². The molecule has 0 radical (unpaired) electrons. The number of hydrogen-bond donors (Lipinski definition) is 2. The molecule has 8 nitrogen and oxygen atoms in total. The molecule has 0 unspecified atom stereocenters. The van der Waals surface area contributed by atoms with Crippen molar-refractivity contribution in [2.45, 2.75) is 30.6 Å². The number of ether oxygens (including phenoxy) is 2. The molecule has 1 amide bonds. The minimum absolute atomic E-state index is 0.0109. The fourth-order valence-electron chi connectivity index (χ4n) is 3.71. The molecule has 2 aromatic rings. The predicted octanol–water partition coefficient (Wildman–Crippen LogP) is 3.73. The van der Waals surface area contributed by atoms with Crippen molar-refractivity contribution < 1.29 is 22.7 Å². The number of rotatable bonds is 6. The van der Waals surface area contributed by atoms with E-state index in [1.165, 1.54) is 0 Å². The minimum Gasteiger partial charge on any atom is -0.486 e. The minimum atomic E-state index is -3.50. The number of nitrogens with zero attached hydrogens (tertiary/aromatic N) is 1. The maximum Gasteiger partial charge on any atom is 0.243 e. The van der Waals surface area contributed by atoms with Crippen molar-refractivity contribution in [3.05, 3.63) is 41.4 Å². The van der Waals surface area contributed by atoms with Crippen molar-refractivity contribution in [3.8, 4) is 11.5 Å². The van der Waals surface area contributed by atoms with E-state index in [2.05, 4.69) is 10.6 Å². The Hall–Kier alpha value is -2.49. The van der Waals surface area contributed by atoms with Gasteiger partial charge in [-0.25, -0.2) is 8.42 Å². The van der Waals surface area contributed by atoms with Crippen molar-refractivity contribution in [1.29, 1.82) is 0 Å². The zero-order chi connectivity index (χ0) is 22.6. The number of amides is 1. The molecule has 0 saturated carbocycles. The van der Waals surface area contributed by atoms with Crippen molar-refractivity contribution in [1.82, 2.24) is 4.31 Å². The highest BCUT2D eigenvalue weighted by Gasteiger charge is 2.25. The molecule has 1 saturated heterocycles. The van der Waals surface area contributed by atoms with Gasteiger partial charge in [0.2, 0.25) is 15.9 Å². The number of sulfonamides is 1. The molecule has 2 aromatic carbocycles. The molecule has 1 fully saturated rings. The van der Waals surface area contributed by atoms with Crippen molar-refractivity contribution in [3.63, 3.8) is 0 Å². The molecule has 2 aliphatic rings. The van der Waals surface area contributed by atoms with Gasteiger partial charge >= 0.3 is 0 Å². The van der Waals surface area contributed by atoms with Gasteiger partial charge in [0, 0.05) is 30.9 Å². The third kappa shape index (κ3) is 5.28. The first-order valence-corrected chi connectivity index (χ1v) is 12.5. The lowest BCUT2D eigenvalue weighted by atomic mass is 10.2. The van der Waals surface area contributed by atoms with Crippen LogP contribution in [0.2, 0.25) is 5.02 Å². The lowest BCUT2D eigenvalue weighted by Crippen LogP contribution is -2.31. The Bertz CT molecular complexity index is 1070. The van der Waals surface area contributed by atoms with Crippen molar-refractivity contribution >= 4 is 38.9 Å². The molecule has 4 rings (SSSR count). The van der Waals surface area contributed by atoms with E-state index < -0.39 is 10.0 Å². The Morgan fingerprint density at radius 3 is 2.25 bits per heavy atom.